The van der Waals surface area contributed by atoms with E-state index in [1.165, 1.54) is 29.6 Å². The van der Waals surface area contributed by atoms with Crippen LogP contribution >= 0.6 is 0 Å². The fourth-order valence-corrected chi connectivity index (χ4v) is 5.76. The Hall–Kier alpha value is -3.57. The molecule has 1 unspecified atom stereocenters. The van der Waals surface area contributed by atoms with Crippen LogP contribution in [0.2, 0.25) is 0 Å². The van der Waals surface area contributed by atoms with Gasteiger partial charge < -0.3 is 15.2 Å². The monoisotopic (exact) mass is 527 g/mol. The Morgan fingerprint density at radius 3 is 2.38 bits per heavy atom. The number of halogens is 1. The molecule has 11 heteroatoms. The van der Waals surface area contributed by atoms with Gasteiger partial charge >= 0.3 is 0 Å². The number of rotatable bonds is 6. The maximum Gasteiger partial charge on any atom is 0.272 e. The summed E-state index contributed by atoms with van der Waals surface area (Å²) < 4.78 is 43.5. The molecule has 0 saturated carbocycles. The Morgan fingerprint density at radius 1 is 1.05 bits per heavy atom. The molecule has 1 aliphatic rings. The topological polar surface area (TPSA) is 113 Å². The Labute approximate surface area is 215 Å². The van der Waals surface area contributed by atoms with Crippen LogP contribution in [-0.2, 0) is 27.9 Å². The number of fused-ring (bicyclic) bond motifs is 1. The number of amides is 2. The molecule has 0 bridgehead atoms. The molecule has 1 aromatic heterocycles. The average molecular weight is 528 g/mol. The van der Waals surface area contributed by atoms with Gasteiger partial charge in [0.2, 0.25) is 15.9 Å². The fraction of sp³-hybridized carbons (Fsp3) is 0.346. The number of hydrogen-bond donors (Lipinski definition) is 2. The minimum Gasteiger partial charge on any atom is -0.357 e. The van der Waals surface area contributed by atoms with Gasteiger partial charge in [0.1, 0.15) is 17.7 Å². The van der Waals surface area contributed by atoms with Crippen molar-refractivity contribution in [2.75, 3.05) is 13.6 Å². The standard InChI is InChI=1S/C26H30FN5O4S/c1-26(2,3)22(25(34)28-4)30-24(33)21-20-16-31(37(35,36)19-12-8-11-18(27)15-19)13-14-32(20)23(29-21)17-9-6-5-7-10-17/h5-12,15,22H,13-14,16H2,1-4H3,(H,28,34)(H,30,33). The summed E-state index contributed by atoms with van der Waals surface area (Å²) in [5, 5.41) is 5.36. The Kier molecular flexibility index (Phi) is 7.20. The van der Waals surface area contributed by atoms with E-state index in [2.05, 4.69) is 15.6 Å². The lowest BCUT2D eigenvalue weighted by Crippen LogP contribution is -2.53. The summed E-state index contributed by atoms with van der Waals surface area (Å²) in [6, 6.07) is 13.3. The zero-order valence-corrected chi connectivity index (χ0v) is 22.0. The number of benzene rings is 2. The van der Waals surface area contributed by atoms with Crippen LogP contribution in [0.5, 0.6) is 0 Å². The van der Waals surface area contributed by atoms with Gasteiger partial charge in [0.15, 0.2) is 5.69 Å². The Morgan fingerprint density at radius 2 is 1.76 bits per heavy atom. The summed E-state index contributed by atoms with van der Waals surface area (Å²) in [6.07, 6.45) is 0. The van der Waals surface area contributed by atoms with Gasteiger partial charge in [0.25, 0.3) is 5.91 Å². The van der Waals surface area contributed by atoms with E-state index in [4.69, 9.17) is 0 Å². The normalized spacial score (nSPS) is 15.1. The highest BCUT2D eigenvalue weighted by Gasteiger charge is 2.37. The first-order valence-electron chi connectivity index (χ1n) is 11.9. The lowest BCUT2D eigenvalue weighted by molar-refractivity contribution is -0.124. The molecule has 1 atom stereocenters. The minimum absolute atomic E-state index is 0.0381. The van der Waals surface area contributed by atoms with Crippen LogP contribution in [0.3, 0.4) is 0 Å². The molecule has 2 N–H and O–H groups in total. The quantitative estimate of drug-likeness (QED) is 0.512. The molecule has 1 aliphatic heterocycles. The van der Waals surface area contributed by atoms with Crippen LogP contribution in [0.4, 0.5) is 4.39 Å². The molecule has 196 valence electrons. The van der Waals surface area contributed by atoms with E-state index in [0.717, 1.165) is 11.6 Å². The number of nitrogens with one attached hydrogen (secondary N) is 2. The number of hydrogen-bond acceptors (Lipinski definition) is 5. The third-order valence-electron chi connectivity index (χ3n) is 6.30. The summed E-state index contributed by atoms with van der Waals surface area (Å²) in [6.45, 7) is 5.72. The van der Waals surface area contributed by atoms with Crippen molar-refractivity contribution >= 4 is 21.8 Å². The lowest BCUT2D eigenvalue weighted by atomic mass is 9.86. The van der Waals surface area contributed by atoms with Crippen LogP contribution in [0.1, 0.15) is 37.0 Å². The first-order valence-corrected chi connectivity index (χ1v) is 13.3. The molecule has 37 heavy (non-hydrogen) atoms. The third kappa shape index (κ3) is 5.28. The van der Waals surface area contributed by atoms with Gasteiger partial charge in [-0.05, 0) is 23.6 Å². The molecule has 0 fully saturated rings. The van der Waals surface area contributed by atoms with Gasteiger partial charge in [0, 0.05) is 25.7 Å². The van der Waals surface area contributed by atoms with Crippen LogP contribution < -0.4 is 10.6 Å². The highest BCUT2D eigenvalue weighted by Crippen LogP contribution is 2.30. The number of carbonyl (C=O) groups excluding carboxylic acids is 2. The minimum atomic E-state index is -4.03. The zero-order chi connectivity index (χ0) is 27.0. The van der Waals surface area contributed by atoms with E-state index in [1.54, 1.807) is 0 Å². The number of carbonyl (C=O) groups is 2. The van der Waals surface area contributed by atoms with E-state index in [9.17, 15) is 22.4 Å². The number of aromatic nitrogens is 2. The predicted molar refractivity (Wildman–Crippen MR) is 136 cm³/mol. The SMILES string of the molecule is CNC(=O)C(NC(=O)c1nc(-c2ccccc2)n2c1CN(S(=O)(=O)c1cccc(F)c1)CC2)C(C)(C)C. The van der Waals surface area contributed by atoms with E-state index in [0.29, 0.717) is 11.5 Å². The maximum atomic E-state index is 13.8. The van der Waals surface area contributed by atoms with E-state index in [1.807, 2.05) is 55.7 Å². The second kappa shape index (κ2) is 10.1. The summed E-state index contributed by atoms with van der Waals surface area (Å²) in [7, 11) is -2.54. The van der Waals surface area contributed by atoms with Crippen molar-refractivity contribution < 1.29 is 22.4 Å². The smallest absolute Gasteiger partial charge is 0.272 e. The molecule has 2 amide bonds. The summed E-state index contributed by atoms with van der Waals surface area (Å²) in [5.41, 5.74) is 0.607. The molecule has 0 saturated heterocycles. The van der Waals surface area contributed by atoms with E-state index >= 15 is 0 Å². The predicted octanol–water partition coefficient (Wildman–Crippen LogP) is 2.78. The number of likely N-dealkylation sites (N-methyl/N-ethyl adjacent to an activating group) is 1. The van der Waals surface area contributed by atoms with Crippen molar-refractivity contribution in [1.82, 2.24) is 24.5 Å². The second-order valence-corrected chi connectivity index (χ2v) is 11.9. The number of imidazole rings is 1. The van der Waals surface area contributed by atoms with Gasteiger partial charge in [-0.2, -0.15) is 4.31 Å². The van der Waals surface area contributed by atoms with E-state index in [-0.39, 0.29) is 36.1 Å². The van der Waals surface area contributed by atoms with Crippen molar-refractivity contribution in [3.8, 4) is 11.4 Å². The molecule has 3 aromatic rings. The molecule has 4 rings (SSSR count). The van der Waals surface area contributed by atoms with Gasteiger partial charge in [-0.25, -0.2) is 17.8 Å². The Bertz CT molecular complexity index is 1430. The molecular weight excluding hydrogens is 497 g/mol. The number of nitrogens with zero attached hydrogens (tertiary/aromatic N) is 3. The molecule has 0 radical (unpaired) electrons. The van der Waals surface area contributed by atoms with Crippen molar-refractivity contribution in [3.05, 3.63) is 71.8 Å². The second-order valence-electron chi connectivity index (χ2n) is 9.93. The zero-order valence-electron chi connectivity index (χ0n) is 21.2. The molecule has 2 heterocycles. The van der Waals surface area contributed by atoms with Crippen molar-refractivity contribution in [2.45, 2.75) is 44.8 Å². The molecule has 2 aromatic carbocycles. The highest BCUT2D eigenvalue weighted by atomic mass is 32.2. The van der Waals surface area contributed by atoms with Gasteiger partial charge in [-0.15, -0.1) is 0 Å². The molecule has 9 nitrogen and oxygen atoms in total. The highest BCUT2D eigenvalue weighted by molar-refractivity contribution is 7.89. The van der Waals surface area contributed by atoms with Crippen LogP contribution in [0.25, 0.3) is 11.4 Å². The van der Waals surface area contributed by atoms with Crippen molar-refractivity contribution in [3.63, 3.8) is 0 Å². The lowest BCUT2D eigenvalue weighted by Gasteiger charge is -2.30. The summed E-state index contributed by atoms with van der Waals surface area (Å²) >= 11 is 0. The van der Waals surface area contributed by atoms with Gasteiger partial charge in [-0.1, -0.05) is 57.2 Å². The Balaban J connectivity index is 1.77. The average Bonchev–Trinajstić information content (AvgIpc) is 3.25. The summed E-state index contributed by atoms with van der Waals surface area (Å²) in [5.74, 6) is -1.07. The molecule has 0 spiro atoms. The third-order valence-corrected chi connectivity index (χ3v) is 8.14. The first kappa shape index (κ1) is 26.5. The molecular formula is C26H30FN5O4S. The van der Waals surface area contributed by atoms with Crippen LogP contribution in [0.15, 0.2) is 59.5 Å². The van der Waals surface area contributed by atoms with Crippen LogP contribution in [0, 0.1) is 11.2 Å². The fourth-order valence-electron chi connectivity index (χ4n) is 4.34. The van der Waals surface area contributed by atoms with Crippen LogP contribution in [-0.4, -0.2) is 53.7 Å². The van der Waals surface area contributed by atoms with Crippen molar-refractivity contribution in [2.24, 2.45) is 5.41 Å². The maximum absolute atomic E-state index is 13.8. The molecule has 0 aliphatic carbocycles. The van der Waals surface area contributed by atoms with E-state index < -0.39 is 33.2 Å². The van der Waals surface area contributed by atoms with Gasteiger partial charge in [0.05, 0.1) is 17.1 Å². The van der Waals surface area contributed by atoms with Crippen molar-refractivity contribution in [1.29, 1.82) is 0 Å². The summed E-state index contributed by atoms with van der Waals surface area (Å²) in [4.78, 5) is 30.5. The first-order chi connectivity index (χ1) is 17.4. The largest absolute Gasteiger partial charge is 0.357 e. The van der Waals surface area contributed by atoms with Gasteiger partial charge in [-0.3, -0.25) is 9.59 Å². The number of sulfonamides is 1.